The van der Waals surface area contributed by atoms with Gasteiger partial charge in [-0.3, -0.25) is 0 Å². The lowest BCUT2D eigenvalue weighted by molar-refractivity contribution is -0.137. The summed E-state index contributed by atoms with van der Waals surface area (Å²) in [4.78, 5) is 11.4. The van der Waals surface area contributed by atoms with E-state index in [9.17, 15) is 18.0 Å². The fraction of sp³-hybridized carbons (Fsp3) is 0.188. The van der Waals surface area contributed by atoms with Gasteiger partial charge in [-0.05, 0) is 35.9 Å². The Hall–Kier alpha value is -2.50. The van der Waals surface area contributed by atoms with Gasteiger partial charge in [0.05, 0.1) is 25.3 Å². The molecule has 0 amide bonds. The highest BCUT2D eigenvalue weighted by Gasteiger charge is 2.31. The highest BCUT2D eigenvalue weighted by Crippen LogP contribution is 2.37. The number of methoxy groups -OCH3 is 2. The van der Waals surface area contributed by atoms with Crippen molar-refractivity contribution in [1.29, 1.82) is 0 Å². The summed E-state index contributed by atoms with van der Waals surface area (Å²) in [5.74, 6) is -0.193. The Morgan fingerprint density at radius 1 is 1.00 bits per heavy atom. The van der Waals surface area contributed by atoms with Crippen LogP contribution in [0.1, 0.15) is 15.9 Å². The maximum atomic E-state index is 12.8. The molecule has 0 fully saturated rings. The zero-order valence-electron chi connectivity index (χ0n) is 11.9. The number of hydrogen-bond donors (Lipinski definition) is 0. The predicted molar refractivity (Wildman–Crippen MR) is 74.8 cm³/mol. The number of hydrogen-bond acceptors (Lipinski definition) is 3. The minimum absolute atomic E-state index is 0.300. The monoisotopic (exact) mass is 310 g/mol. The summed E-state index contributed by atoms with van der Waals surface area (Å²) < 4.78 is 48.2. The maximum absolute atomic E-state index is 12.8. The number of alkyl halides is 3. The number of carbonyl (C=O) groups excluding carboxylic acids is 1. The van der Waals surface area contributed by atoms with Crippen LogP contribution in [0.25, 0.3) is 11.1 Å². The molecule has 0 aliphatic heterocycles. The molecule has 0 aliphatic rings. The lowest BCUT2D eigenvalue weighted by Crippen LogP contribution is -2.05. The van der Waals surface area contributed by atoms with Gasteiger partial charge in [0, 0.05) is 5.56 Å². The Bertz CT molecular complexity index is 676. The zero-order chi connectivity index (χ0) is 16.3. The molecule has 6 heteroatoms. The minimum atomic E-state index is -4.44. The zero-order valence-corrected chi connectivity index (χ0v) is 11.9. The van der Waals surface area contributed by atoms with Gasteiger partial charge >= 0.3 is 12.1 Å². The normalized spacial score (nSPS) is 11.1. The summed E-state index contributed by atoms with van der Waals surface area (Å²) in [6.07, 6.45) is -4.44. The van der Waals surface area contributed by atoms with Crippen LogP contribution in [-0.4, -0.2) is 20.2 Å². The fourth-order valence-corrected chi connectivity index (χ4v) is 2.01. The first-order valence-corrected chi connectivity index (χ1v) is 6.31. The molecule has 0 bridgehead atoms. The third-order valence-electron chi connectivity index (χ3n) is 3.14. The number of benzene rings is 2. The molecule has 0 saturated carbocycles. The number of rotatable bonds is 3. The van der Waals surface area contributed by atoms with Gasteiger partial charge in [0.15, 0.2) is 0 Å². The lowest BCUT2D eigenvalue weighted by Gasteiger charge is -2.13. The highest BCUT2D eigenvalue weighted by molar-refractivity contribution is 5.90. The summed E-state index contributed by atoms with van der Waals surface area (Å²) in [5, 5.41) is 0. The van der Waals surface area contributed by atoms with Crippen molar-refractivity contribution in [3.8, 4) is 16.9 Å². The van der Waals surface area contributed by atoms with E-state index >= 15 is 0 Å². The second kappa shape index (κ2) is 6.09. The van der Waals surface area contributed by atoms with Crippen molar-refractivity contribution < 1.29 is 27.4 Å². The average Bonchev–Trinajstić information content (AvgIpc) is 2.52. The molecule has 3 nitrogen and oxygen atoms in total. The molecule has 0 unspecified atom stereocenters. The Morgan fingerprint density at radius 3 is 2.14 bits per heavy atom. The highest BCUT2D eigenvalue weighted by atomic mass is 19.4. The molecule has 0 saturated heterocycles. The summed E-state index contributed by atoms with van der Waals surface area (Å²) in [7, 11) is 2.64. The Kier molecular flexibility index (Phi) is 4.40. The number of halogens is 3. The predicted octanol–water partition coefficient (Wildman–Crippen LogP) is 4.17. The van der Waals surface area contributed by atoms with E-state index in [2.05, 4.69) is 4.74 Å². The van der Waals surface area contributed by atoms with Gasteiger partial charge in [0.1, 0.15) is 5.75 Å². The van der Waals surface area contributed by atoms with Crippen LogP contribution in [0.3, 0.4) is 0 Å². The summed E-state index contributed by atoms with van der Waals surface area (Å²) >= 11 is 0. The molecule has 22 heavy (non-hydrogen) atoms. The smallest absolute Gasteiger partial charge is 0.416 e. The number of carbonyl (C=O) groups is 1. The van der Waals surface area contributed by atoms with E-state index in [1.165, 1.54) is 32.4 Å². The third kappa shape index (κ3) is 3.21. The summed E-state index contributed by atoms with van der Waals surface area (Å²) in [6, 6.07) is 9.32. The minimum Gasteiger partial charge on any atom is -0.496 e. The van der Waals surface area contributed by atoms with Gasteiger partial charge < -0.3 is 9.47 Å². The van der Waals surface area contributed by atoms with E-state index in [4.69, 9.17) is 4.74 Å². The van der Waals surface area contributed by atoms with Crippen LogP contribution < -0.4 is 4.74 Å². The summed E-state index contributed by atoms with van der Waals surface area (Å²) in [5.41, 5.74) is 0.363. The van der Waals surface area contributed by atoms with Gasteiger partial charge in [0.2, 0.25) is 0 Å². The number of ether oxygens (including phenoxy) is 2. The molecule has 0 radical (unpaired) electrons. The van der Waals surface area contributed by atoms with Crippen LogP contribution in [0, 0.1) is 0 Å². The Morgan fingerprint density at radius 2 is 1.64 bits per heavy atom. The first-order chi connectivity index (χ1) is 10.4. The second-order valence-corrected chi connectivity index (χ2v) is 4.48. The lowest BCUT2D eigenvalue weighted by atomic mass is 10.0. The van der Waals surface area contributed by atoms with Gasteiger partial charge in [-0.2, -0.15) is 13.2 Å². The van der Waals surface area contributed by atoms with Crippen molar-refractivity contribution in [1.82, 2.24) is 0 Å². The molecule has 2 aromatic rings. The average molecular weight is 310 g/mol. The van der Waals surface area contributed by atoms with E-state index in [1.54, 1.807) is 12.1 Å². The van der Waals surface area contributed by atoms with Crippen LogP contribution in [0.15, 0.2) is 42.5 Å². The molecule has 0 atom stereocenters. The fourth-order valence-electron chi connectivity index (χ4n) is 2.01. The van der Waals surface area contributed by atoms with Crippen molar-refractivity contribution in [2.45, 2.75) is 6.18 Å². The van der Waals surface area contributed by atoms with E-state index in [0.717, 1.165) is 12.1 Å². The van der Waals surface area contributed by atoms with Gasteiger partial charge in [-0.1, -0.05) is 12.1 Å². The molecule has 0 heterocycles. The summed E-state index contributed by atoms with van der Waals surface area (Å²) in [6.45, 7) is 0. The third-order valence-corrected chi connectivity index (χ3v) is 3.14. The molecule has 116 valence electrons. The van der Waals surface area contributed by atoms with E-state index < -0.39 is 17.7 Å². The van der Waals surface area contributed by atoms with Crippen molar-refractivity contribution in [3.05, 3.63) is 53.6 Å². The van der Waals surface area contributed by atoms with E-state index in [0.29, 0.717) is 22.4 Å². The molecular formula is C16H13F3O3. The first kappa shape index (κ1) is 15.9. The van der Waals surface area contributed by atoms with Crippen LogP contribution in [-0.2, 0) is 10.9 Å². The molecule has 0 spiro atoms. The second-order valence-electron chi connectivity index (χ2n) is 4.48. The van der Waals surface area contributed by atoms with Gasteiger partial charge in [0.25, 0.3) is 0 Å². The molecule has 2 rings (SSSR count). The molecule has 0 N–H and O–H groups in total. The SMILES string of the molecule is COC(=O)c1ccc(-c2cc(C(F)(F)F)ccc2OC)cc1. The quantitative estimate of drug-likeness (QED) is 0.798. The Labute approximate surface area is 125 Å². The van der Waals surface area contributed by atoms with Crippen molar-refractivity contribution in [3.63, 3.8) is 0 Å². The molecule has 2 aromatic carbocycles. The maximum Gasteiger partial charge on any atom is 0.416 e. The Balaban J connectivity index is 2.48. The molecule has 0 aromatic heterocycles. The van der Waals surface area contributed by atoms with Crippen LogP contribution >= 0.6 is 0 Å². The van der Waals surface area contributed by atoms with E-state index in [-0.39, 0.29) is 0 Å². The topological polar surface area (TPSA) is 35.5 Å². The van der Waals surface area contributed by atoms with Crippen molar-refractivity contribution in [2.75, 3.05) is 14.2 Å². The molecular weight excluding hydrogens is 297 g/mol. The molecule has 0 aliphatic carbocycles. The largest absolute Gasteiger partial charge is 0.496 e. The number of esters is 1. The van der Waals surface area contributed by atoms with E-state index in [1.807, 2.05) is 0 Å². The van der Waals surface area contributed by atoms with Crippen LogP contribution in [0.5, 0.6) is 5.75 Å². The van der Waals surface area contributed by atoms with Gasteiger partial charge in [-0.15, -0.1) is 0 Å². The standard InChI is InChI=1S/C16H13F3O3/c1-21-14-8-7-12(16(17,18)19)9-13(14)10-3-5-11(6-4-10)15(20)22-2/h3-9H,1-2H3. The van der Waals surface area contributed by atoms with Crippen LogP contribution in [0.4, 0.5) is 13.2 Å². The van der Waals surface area contributed by atoms with Gasteiger partial charge in [-0.25, -0.2) is 4.79 Å². The van der Waals surface area contributed by atoms with Crippen LogP contribution in [0.2, 0.25) is 0 Å². The van der Waals surface area contributed by atoms with Crippen molar-refractivity contribution >= 4 is 5.97 Å². The van der Waals surface area contributed by atoms with Crippen molar-refractivity contribution in [2.24, 2.45) is 0 Å². The first-order valence-electron chi connectivity index (χ1n) is 6.31.